The van der Waals surface area contributed by atoms with E-state index in [0.717, 1.165) is 39.5 Å². The zero-order valence-corrected chi connectivity index (χ0v) is 27.1. The molecule has 0 fully saturated rings. The van der Waals surface area contributed by atoms with Crippen LogP contribution in [-0.2, 0) is 0 Å². The summed E-state index contributed by atoms with van der Waals surface area (Å²) in [5.74, 6) is 0.719. The molecule has 0 bridgehead atoms. The summed E-state index contributed by atoms with van der Waals surface area (Å²) in [4.78, 5) is 10.4. The number of aliphatic imine (C=N–C) groups is 2. The number of amidine groups is 1. The van der Waals surface area contributed by atoms with Gasteiger partial charge in [-0.05, 0) is 79.9 Å². The first-order valence-corrected chi connectivity index (χ1v) is 16.7. The van der Waals surface area contributed by atoms with Crippen LogP contribution in [0.4, 0.5) is 0 Å². The van der Waals surface area contributed by atoms with Gasteiger partial charge in [0.25, 0.3) is 0 Å². The number of hydrogen-bond acceptors (Lipinski definition) is 2. The van der Waals surface area contributed by atoms with Gasteiger partial charge in [-0.25, -0.2) is 9.98 Å². The van der Waals surface area contributed by atoms with E-state index >= 15 is 0 Å². The standard InChI is InChI=1S/C47H34N2/c1-6-16-34(17-7-1)40-30-41(35-18-8-2-9-19-35)32-42(31-40)43-27-26-39(33-44(43)36-20-10-3-11-21-36)46-29-28-45(37-22-12-4-13-23-37)48-47(49-46)38-24-14-5-15-25-38/h1-28,30-33H,29H2. The van der Waals surface area contributed by atoms with Crippen LogP contribution in [0.1, 0.15) is 23.1 Å². The normalized spacial score (nSPS) is 12.8. The molecule has 232 valence electrons. The summed E-state index contributed by atoms with van der Waals surface area (Å²) in [6.07, 6.45) is 2.87. The summed E-state index contributed by atoms with van der Waals surface area (Å²) in [5, 5.41) is 0. The lowest BCUT2D eigenvalue weighted by molar-refractivity contribution is 1.42. The maximum Gasteiger partial charge on any atom is 0.160 e. The van der Waals surface area contributed by atoms with E-state index in [1.54, 1.807) is 0 Å². The second-order valence-corrected chi connectivity index (χ2v) is 12.2. The topological polar surface area (TPSA) is 24.7 Å². The molecule has 0 aliphatic carbocycles. The van der Waals surface area contributed by atoms with Crippen LogP contribution in [0.25, 0.3) is 50.2 Å². The molecule has 2 nitrogen and oxygen atoms in total. The summed E-state index contributed by atoms with van der Waals surface area (Å²) in [7, 11) is 0. The van der Waals surface area contributed by atoms with Crippen molar-refractivity contribution in [2.24, 2.45) is 9.98 Å². The molecule has 0 spiro atoms. The van der Waals surface area contributed by atoms with Crippen molar-refractivity contribution in [2.75, 3.05) is 0 Å². The third-order valence-corrected chi connectivity index (χ3v) is 8.95. The summed E-state index contributed by atoms with van der Waals surface area (Å²) in [6, 6.07) is 66.4. The van der Waals surface area contributed by atoms with Gasteiger partial charge in [0.05, 0.1) is 11.4 Å². The maximum atomic E-state index is 5.25. The third kappa shape index (κ3) is 6.58. The van der Waals surface area contributed by atoms with E-state index in [4.69, 9.17) is 9.98 Å². The summed E-state index contributed by atoms with van der Waals surface area (Å²) >= 11 is 0. The molecular weight excluding hydrogens is 593 g/mol. The second kappa shape index (κ2) is 13.8. The van der Waals surface area contributed by atoms with Gasteiger partial charge in [-0.15, -0.1) is 0 Å². The quantitative estimate of drug-likeness (QED) is 0.168. The minimum absolute atomic E-state index is 0.666. The molecule has 49 heavy (non-hydrogen) atoms. The lowest BCUT2D eigenvalue weighted by atomic mass is 9.88. The van der Waals surface area contributed by atoms with Crippen LogP contribution in [0.5, 0.6) is 0 Å². The summed E-state index contributed by atoms with van der Waals surface area (Å²) in [5.41, 5.74) is 14.5. The van der Waals surface area contributed by atoms with Crippen LogP contribution in [0.3, 0.4) is 0 Å². The Hall–Kier alpha value is -6.38. The van der Waals surface area contributed by atoms with Crippen LogP contribution in [0, 0.1) is 0 Å². The van der Waals surface area contributed by atoms with Crippen molar-refractivity contribution in [3.8, 4) is 44.5 Å². The lowest BCUT2D eigenvalue weighted by Gasteiger charge is -2.16. The molecule has 2 heteroatoms. The van der Waals surface area contributed by atoms with E-state index in [0.29, 0.717) is 6.42 Å². The molecule has 1 aliphatic rings. The first-order valence-electron chi connectivity index (χ1n) is 16.7. The molecular formula is C47H34N2. The van der Waals surface area contributed by atoms with Gasteiger partial charge in [0.15, 0.2) is 5.84 Å². The first-order chi connectivity index (χ1) is 24.3. The molecule has 1 aliphatic heterocycles. The minimum Gasteiger partial charge on any atom is -0.232 e. The van der Waals surface area contributed by atoms with Crippen molar-refractivity contribution in [3.05, 3.63) is 211 Å². The molecule has 0 N–H and O–H groups in total. The molecule has 0 saturated carbocycles. The fraction of sp³-hybridized carbons (Fsp3) is 0.0213. The number of rotatable bonds is 7. The highest BCUT2D eigenvalue weighted by Gasteiger charge is 2.17. The summed E-state index contributed by atoms with van der Waals surface area (Å²) < 4.78 is 0. The lowest BCUT2D eigenvalue weighted by Crippen LogP contribution is -2.05. The highest BCUT2D eigenvalue weighted by molar-refractivity contribution is 6.15. The van der Waals surface area contributed by atoms with Crippen LogP contribution >= 0.6 is 0 Å². The van der Waals surface area contributed by atoms with E-state index in [1.165, 1.54) is 38.9 Å². The van der Waals surface area contributed by atoms with Gasteiger partial charge in [0.1, 0.15) is 0 Å². The molecule has 0 atom stereocenters. The number of allylic oxidation sites excluding steroid dienone is 1. The van der Waals surface area contributed by atoms with E-state index in [9.17, 15) is 0 Å². The third-order valence-electron chi connectivity index (χ3n) is 8.95. The Kier molecular flexibility index (Phi) is 8.43. The molecule has 7 aromatic rings. The molecule has 1 heterocycles. The van der Waals surface area contributed by atoms with Crippen molar-refractivity contribution in [2.45, 2.75) is 6.42 Å². The SMILES string of the molecule is C1=C(c2ccccc2)N=C(c2ccccc2)N=C(c2ccc(-c3cc(-c4ccccc4)cc(-c4ccccc4)c3)c(-c3ccccc3)c2)C1. The van der Waals surface area contributed by atoms with Crippen LogP contribution in [-0.4, -0.2) is 11.5 Å². The van der Waals surface area contributed by atoms with E-state index in [2.05, 4.69) is 170 Å². The van der Waals surface area contributed by atoms with Crippen LogP contribution in [0.2, 0.25) is 0 Å². The van der Waals surface area contributed by atoms with Gasteiger partial charge in [-0.1, -0.05) is 170 Å². The smallest absolute Gasteiger partial charge is 0.160 e. The zero-order chi connectivity index (χ0) is 32.8. The maximum absolute atomic E-state index is 5.25. The Balaban J connectivity index is 1.29. The number of benzene rings is 7. The fourth-order valence-corrected chi connectivity index (χ4v) is 6.45. The Morgan fingerprint density at radius 3 is 1.33 bits per heavy atom. The molecule has 7 aromatic carbocycles. The van der Waals surface area contributed by atoms with Crippen molar-refractivity contribution in [1.29, 1.82) is 0 Å². The number of nitrogens with zero attached hydrogens (tertiary/aromatic N) is 2. The van der Waals surface area contributed by atoms with Gasteiger partial charge in [-0.2, -0.15) is 0 Å². The molecule has 0 amide bonds. The monoisotopic (exact) mass is 626 g/mol. The second-order valence-electron chi connectivity index (χ2n) is 12.2. The first kappa shape index (κ1) is 30.0. The van der Waals surface area contributed by atoms with Crippen LogP contribution in [0.15, 0.2) is 204 Å². The van der Waals surface area contributed by atoms with Crippen molar-refractivity contribution < 1.29 is 0 Å². The largest absolute Gasteiger partial charge is 0.232 e. The van der Waals surface area contributed by atoms with Crippen LogP contribution < -0.4 is 0 Å². The average Bonchev–Trinajstić information content (AvgIpc) is 3.43. The van der Waals surface area contributed by atoms with Gasteiger partial charge >= 0.3 is 0 Å². The van der Waals surface area contributed by atoms with E-state index in [-0.39, 0.29) is 0 Å². The summed E-state index contributed by atoms with van der Waals surface area (Å²) in [6.45, 7) is 0. The number of hydrogen-bond donors (Lipinski definition) is 0. The highest BCUT2D eigenvalue weighted by Crippen LogP contribution is 2.38. The minimum atomic E-state index is 0.666. The predicted molar refractivity (Wildman–Crippen MR) is 207 cm³/mol. The Morgan fingerprint density at radius 1 is 0.306 bits per heavy atom. The zero-order valence-electron chi connectivity index (χ0n) is 27.1. The molecule has 0 radical (unpaired) electrons. The van der Waals surface area contributed by atoms with E-state index in [1.807, 2.05) is 24.3 Å². The van der Waals surface area contributed by atoms with Crippen molar-refractivity contribution in [1.82, 2.24) is 0 Å². The van der Waals surface area contributed by atoms with Gasteiger partial charge in [0.2, 0.25) is 0 Å². The van der Waals surface area contributed by atoms with Gasteiger partial charge in [-0.3, -0.25) is 0 Å². The predicted octanol–water partition coefficient (Wildman–Crippen LogP) is 12.0. The van der Waals surface area contributed by atoms with E-state index < -0.39 is 0 Å². The highest BCUT2D eigenvalue weighted by atomic mass is 14.9. The molecule has 0 aromatic heterocycles. The van der Waals surface area contributed by atoms with Crippen molar-refractivity contribution in [3.63, 3.8) is 0 Å². The average molecular weight is 627 g/mol. The Labute approximate surface area is 288 Å². The van der Waals surface area contributed by atoms with Gasteiger partial charge < -0.3 is 0 Å². The fourth-order valence-electron chi connectivity index (χ4n) is 6.45. The Morgan fingerprint density at radius 2 is 0.776 bits per heavy atom. The molecule has 8 rings (SSSR count). The molecule has 0 saturated heterocycles. The van der Waals surface area contributed by atoms with Crippen molar-refractivity contribution >= 4 is 17.2 Å². The Bertz CT molecular complexity index is 2250. The molecule has 0 unspecified atom stereocenters. The van der Waals surface area contributed by atoms with Gasteiger partial charge in [0, 0.05) is 12.0 Å².